The molecule has 4 rings (SSSR count). The summed E-state index contributed by atoms with van der Waals surface area (Å²) < 4.78 is 45.1. The first-order valence-corrected chi connectivity index (χ1v) is 9.56. The van der Waals surface area contributed by atoms with Crippen LogP contribution in [0, 0.1) is 13.8 Å². The molecule has 1 aliphatic heterocycles. The van der Waals surface area contributed by atoms with Gasteiger partial charge in [0.1, 0.15) is 0 Å². The molecule has 0 aliphatic carbocycles. The largest absolute Gasteiger partial charge is 0.416 e. The van der Waals surface area contributed by atoms with Crippen LogP contribution in [0.1, 0.15) is 40.5 Å². The van der Waals surface area contributed by atoms with Gasteiger partial charge in [0.15, 0.2) is 0 Å². The fraction of sp³-hybridized carbons (Fsp3) is 0.318. The fourth-order valence-electron chi connectivity index (χ4n) is 3.63. The first-order chi connectivity index (χ1) is 14.2. The number of rotatable bonds is 4. The number of hydrogen-bond donors (Lipinski definition) is 0. The molecule has 1 saturated heterocycles. The molecule has 2 heterocycles. The van der Waals surface area contributed by atoms with Crippen LogP contribution in [0.5, 0.6) is 0 Å². The Hall–Kier alpha value is -3.16. The molecule has 5 nitrogen and oxygen atoms in total. The van der Waals surface area contributed by atoms with E-state index in [1.807, 2.05) is 32.0 Å². The van der Waals surface area contributed by atoms with Gasteiger partial charge in [-0.15, -0.1) is 0 Å². The van der Waals surface area contributed by atoms with Crippen molar-refractivity contribution < 1.29 is 22.5 Å². The van der Waals surface area contributed by atoms with Gasteiger partial charge in [-0.1, -0.05) is 35.5 Å². The van der Waals surface area contributed by atoms with Crippen LogP contribution in [0.25, 0.3) is 11.4 Å². The molecule has 1 unspecified atom stereocenters. The van der Waals surface area contributed by atoms with E-state index in [9.17, 15) is 18.0 Å². The highest BCUT2D eigenvalue weighted by Gasteiger charge is 2.37. The molecule has 1 atom stereocenters. The number of alkyl halides is 3. The standard InChI is InChI=1S/C22H20F3N3O2/c1-13-7-8-15(9-14(13)2)20-26-21(30-27-20)17-10-19(29)28(12-17)11-16-5-3-4-6-18(16)22(23,24)25/h3-9,17H,10-12H2,1-2H3. The summed E-state index contributed by atoms with van der Waals surface area (Å²) in [5.74, 6) is 0.177. The Labute approximate surface area is 171 Å². The van der Waals surface area contributed by atoms with Gasteiger partial charge in [0.2, 0.25) is 17.6 Å². The van der Waals surface area contributed by atoms with Crippen LogP contribution >= 0.6 is 0 Å². The van der Waals surface area contributed by atoms with E-state index in [1.54, 1.807) is 0 Å². The van der Waals surface area contributed by atoms with Gasteiger partial charge in [-0.3, -0.25) is 4.79 Å². The third-order valence-corrected chi connectivity index (χ3v) is 5.45. The fourth-order valence-corrected chi connectivity index (χ4v) is 3.63. The SMILES string of the molecule is Cc1ccc(-c2noc(C3CC(=O)N(Cc4ccccc4C(F)(F)F)C3)n2)cc1C. The zero-order valence-corrected chi connectivity index (χ0v) is 16.5. The normalized spacial score (nSPS) is 17.0. The monoisotopic (exact) mass is 415 g/mol. The minimum atomic E-state index is -4.47. The Kier molecular flexibility index (Phi) is 5.09. The molecule has 0 N–H and O–H groups in total. The Morgan fingerprint density at radius 2 is 1.90 bits per heavy atom. The van der Waals surface area contributed by atoms with E-state index >= 15 is 0 Å². The first kappa shape index (κ1) is 20.1. The number of hydrogen-bond acceptors (Lipinski definition) is 4. The third-order valence-electron chi connectivity index (χ3n) is 5.45. The lowest BCUT2D eigenvalue weighted by Gasteiger charge is -2.19. The van der Waals surface area contributed by atoms with Crippen LogP contribution in [-0.2, 0) is 17.5 Å². The van der Waals surface area contributed by atoms with Crippen molar-refractivity contribution in [3.63, 3.8) is 0 Å². The van der Waals surface area contributed by atoms with E-state index in [1.165, 1.54) is 23.1 Å². The maximum atomic E-state index is 13.2. The number of likely N-dealkylation sites (tertiary alicyclic amines) is 1. The van der Waals surface area contributed by atoms with Crippen molar-refractivity contribution >= 4 is 5.91 Å². The summed E-state index contributed by atoms with van der Waals surface area (Å²) in [6.07, 6.45) is -4.34. The lowest BCUT2D eigenvalue weighted by Crippen LogP contribution is -2.26. The van der Waals surface area contributed by atoms with Crippen molar-refractivity contribution in [2.24, 2.45) is 0 Å². The van der Waals surface area contributed by atoms with Crippen molar-refractivity contribution in [1.82, 2.24) is 15.0 Å². The molecule has 1 fully saturated rings. The second-order valence-corrected chi connectivity index (χ2v) is 7.59. The highest BCUT2D eigenvalue weighted by atomic mass is 19.4. The minimum Gasteiger partial charge on any atom is -0.339 e. The average molecular weight is 415 g/mol. The van der Waals surface area contributed by atoms with Crippen molar-refractivity contribution in [2.75, 3.05) is 6.54 Å². The van der Waals surface area contributed by atoms with E-state index in [-0.39, 0.29) is 36.9 Å². The third kappa shape index (κ3) is 3.94. The number of aryl methyl sites for hydroxylation is 2. The molecule has 156 valence electrons. The van der Waals surface area contributed by atoms with Gasteiger partial charge in [-0.25, -0.2) is 0 Å². The van der Waals surface area contributed by atoms with E-state index in [0.717, 1.165) is 22.8 Å². The van der Waals surface area contributed by atoms with Crippen LogP contribution < -0.4 is 0 Å². The number of benzene rings is 2. The van der Waals surface area contributed by atoms with Crippen molar-refractivity contribution in [3.05, 3.63) is 70.6 Å². The molecule has 1 amide bonds. The lowest BCUT2D eigenvalue weighted by molar-refractivity contribution is -0.139. The first-order valence-electron chi connectivity index (χ1n) is 9.56. The van der Waals surface area contributed by atoms with E-state index < -0.39 is 11.7 Å². The maximum Gasteiger partial charge on any atom is 0.416 e. The predicted octanol–water partition coefficient (Wildman–Crippen LogP) is 4.89. The summed E-state index contributed by atoms with van der Waals surface area (Å²) in [5.41, 5.74) is 2.41. The predicted molar refractivity (Wildman–Crippen MR) is 103 cm³/mol. The molecule has 0 saturated carbocycles. The lowest BCUT2D eigenvalue weighted by atomic mass is 10.1. The quantitative estimate of drug-likeness (QED) is 0.609. The van der Waals surface area contributed by atoms with Crippen LogP contribution in [-0.4, -0.2) is 27.5 Å². The highest BCUT2D eigenvalue weighted by molar-refractivity contribution is 5.79. The Bertz CT molecular complexity index is 1090. The van der Waals surface area contributed by atoms with Crippen molar-refractivity contribution in [3.8, 4) is 11.4 Å². The van der Waals surface area contributed by atoms with Gasteiger partial charge >= 0.3 is 6.18 Å². The summed E-state index contributed by atoms with van der Waals surface area (Å²) in [7, 11) is 0. The summed E-state index contributed by atoms with van der Waals surface area (Å²) in [6.45, 7) is 4.13. The summed E-state index contributed by atoms with van der Waals surface area (Å²) >= 11 is 0. The maximum absolute atomic E-state index is 13.2. The van der Waals surface area contributed by atoms with Gasteiger partial charge < -0.3 is 9.42 Å². The highest BCUT2D eigenvalue weighted by Crippen LogP contribution is 2.34. The number of nitrogens with zero attached hydrogens (tertiary/aromatic N) is 3. The van der Waals surface area contributed by atoms with Crippen molar-refractivity contribution in [2.45, 2.75) is 38.9 Å². The van der Waals surface area contributed by atoms with E-state index in [2.05, 4.69) is 10.1 Å². The van der Waals surface area contributed by atoms with Gasteiger partial charge in [-0.2, -0.15) is 18.2 Å². The number of halogens is 3. The molecule has 30 heavy (non-hydrogen) atoms. The van der Waals surface area contributed by atoms with E-state index in [4.69, 9.17) is 4.52 Å². The van der Waals surface area contributed by atoms with Crippen LogP contribution in [0.15, 0.2) is 47.0 Å². The number of carbonyl (C=O) groups excluding carboxylic acids is 1. The number of amides is 1. The Balaban J connectivity index is 1.51. The molecular weight excluding hydrogens is 395 g/mol. The minimum absolute atomic E-state index is 0.0698. The van der Waals surface area contributed by atoms with Crippen LogP contribution in [0.4, 0.5) is 13.2 Å². The second-order valence-electron chi connectivity index (χ2n) is 7.59. The van der Waals surface area contributed by atoms with E-state index in [0.29, 0.717) is 11.7 Å². The smallest absolute Gasteiger partial charge is 0.339 e. The summed E-state index contributed by atoms with van der Waals surface area (Å²) in [4.78, 5) is 18.3. The molecule has 0 spiro atoms. The second kappa shape index (κ2) is 7.59. The van der Waals surface area contributed by atoms with Gasteiger partial charge in [0.05, 0.1) is 11.5 Å². The molecule has 1 aliphatic rings. The zero-order chi connectivity index (χ0) is 21.5. The molecule has 8 heteroatoms. The Morgan fingerprint density at radius 3 is 2.63 bits per heavy atom. The van der Waals surface area contributed by atoms with Crippen LogP contribution in [0.2, 0.25) is 0 Å². The van der Waals surface area contributed by atoms with Gasteiger partial charge in [0.25, 0.3) is 0 Å². The topological polar surface area (TPSA) is 59.2 Å². The number of carbonyl (C=O) groups is 1. The molecule has 0 bridgehead atoms. The Morgan fingerprint density at radius 1 is 1.13 bits per heavy atom. The van der Waals surface area contributed by atoms with Crippen LogP contribution in [0.3, 0.4) is 0 Å². The zero-order valence-electron chi connectivity index (χ0n) is 16.5. The molecular formula is C22H20F3N3O2. The van der Waals surface area contributed by atoms with Gasteiger partial charge in [-0.05, 0) is 42.7 Å². The molecule has 3 aromatic rings. The average Bonchev–Trinajstić information content (AvgIpc) is 3.31. The number of aromatic nitrogens is 2. The van der Waals surface area contributed by atoms with Gasteiger partial charge in [0, 0.05) is 25.1 Å². The van der Waals surface area contributed by atoms with Crippen molar-refractivity contribution in [1.29, 1.82) is 0 Å². The summed E-state index contributed by atoms with van der Waals surface area (Å²) in [5, 5.41) is 4.02. The molecule has 2 aromatic carbocycles. The molecule has 0 radical (unpaired) electrons. The summed E-state index contributed by atoms with van der Waals surface area (Å²) in [6, 6.07) is 11.1. The molecule has 1 aromatic heterocycles.